The molecule has 2 N–H and O–H groups in total. The smallest absolute Gasteiger partial charge is 0.342 e. The zero-order valence-corrected chi connectivity index (χ0v) is 8.26. The molecule has 0 saturated carbocycles. The summed E-state index contributed by atoms with van der Waals surface area (Å²) < 4.78 is 0. The Hall–Kier alpha value is -1.76. The van der Waals surface area contributed by atoms with E-state index in [4.69, 9.17) is 5.11 Å². The number of rotatable bonds is 4. The molecule has 0 aromatic rings. The first-order valence-electron chi connectivity index (χ1n) is 4.05. The number of carboxylic acids is 1. The highest BCUT2D eigenvalue weighted by Gasteiger charge is 2.36. The van der Waals surface area contributed by atoms with Gasteiger partial charge in [-0.2, -0.15) is 0 Å². The SMILES string of the molecule is C=CCC(C#CC)(NC(C)=O)C(=O)O. The van der Waals surface area contributed by atoms with Crippen LogP contribution in [0.1, 0.15) is 20.3 Å². The molecule has 1 amide bonds. The van der Waals surface area contributed by atoms with Crippen molar-refractivity contribution in [2.75, 3.05) is 0 Å². The fourth-order valence-corrected chi connectivity index (χ4v) is 1.06. The lowest BCUT2D eigenvalue weighted by Gasteiger charge is -2.22. The van der Waals surface area contributed by atoms with Gasteiger partial charge in [0.2, 0.25) is 11.4 Å². The molecule has 0 aliphatic rings. The minimum Gasteiger partial charge on any atom is -0.479 e. The van der Waals surface area contributed by atoms with E-state index in [2.05, 4.69) is 23.7 Å². The summed E-state index contributed by atoms with van der Waals surface area (Å²) >= 11 is 0. The molecule has 0 radical (unpaired) electrons. The molecule has 0 aliphatic carbocycles. The van der Waals surface area contributed by atoms with E-state index in [1.807, 2.05) is 0 Å². The van der Waals surface area contributed by atoms with Gasteiger partial charge in [0.25, 0.3) is 0 Å². The Morgan fingerprint density at radius 1 is 1.64 bits per heavy atom. The maximum absolute atomic E-state index is 11.0. The van der Waals surface area contributed by atoms with Gasteiger partial charge in [-0.3, -0.25) is 4.79 Å². The molecule has 0 rings (SSSR count). The summed E-state index contributed by atoms with van der Waals surface area (Å²) in [5.41, 5.74) is -1.54. The van der Waals surface area contributed by atoms with Crippen LogP contribution < -0.4 is 5.32 Å². The number of carboxylic acid groups (broad SMARTS) is 1. The number of aliphatic carboxylic acids is 1. The van der Waals surface area contributed by atoms with E-state index in [-0.39, 0.29) is 6.42 Å². The van der Waals surface area contributed by atoms with Crippen LogP contribution in [0, 0.1) is 11.8 Å². The predicted molar refractivity (Wildman–Crippen MR) is 52.4 cm³/mol. The van der Waals surface area contributed by atoms with E-state index in [0.717, 1.165) is 0 Å². The lowest BCUT2D eigenvalue weighted by atomic mass is 9.96. The van der Waals surface area contributed by atoms with Crippen LogP contribution in [0.5, 0.6) is 0 Å². The van der Waals surface area contributed by atoms with Gasteiger partial charge in [-0.15, -0.1) is 12.5 Å². The average molecular weight is 195 g/mol. The van der Waals surface area contributed by atoms with Crippen molar-refractivity contribution in [2.24, 2.45) is 0 Å². The summed E-state index contributed by atoms with van der Waals surface area (Å²) in [6, 6.07) is 0. The second-order valence-corrected chi connectivity index (χ2v) is 2.76. The molecule has 4 nitrogen and oxygen atoms in total. The molecular formula is C10H13NO3. The Labute approximate surface area is 83.0 Å². The van der Waals surface area contributed by atoms with Crippen LogP contribution in [-0.4, -0.2) is 22.5 Å². The monoisotopic (exact) mass is 195 g/mol. The standard InChI is InChI=1S/C10H13NO3/c1-4-6-10(7-5-2,9(13)14)11-8(3)12/h4H,1,6H2,2-3H3,(H,11,12)(H,13,14). The molecule has 1 atom stereocenters. The largest absolute Gasteiger partial charge is 0.479 e. The molecule has 0 spiro atoms. The topological polar surface area (TPSA) is 66.4 Å². The first-order chi connectivity index (χ1) is 6.48. The van der Waals surface area contributed by atoms with Crippen molar-refractivity contribution in [1.82, 2.24) is 5.32 Å². The van der Waals surface area contributed by atoms with Gasteiger partial charge in [0.05, 0.1) is 0 Å². The molecule has 76 valence electrons. The predicted octanol–water partition coefficient (Wildman–Crippen LogP) is 0.545. The van der Waals surface area contributed by atoms with E-state index in [9.17, 15) is 9.59 Å². The van der Waals surface area contributed by atoms with E-state index in [1.165, 1.54) is 19.9 Å². The van der Waals surface area contributed by atoms with Gasteiger partial charge < -0.3 is 10.4 Å². The highest BCUT2D eigenvalue weighted by atomic mass is 16.4. The fourth-order valence-electron chi connectivity index (χ4n) is 1.06. The minimum absolute atomic E-state index is 0.0722. The van der Waals surface area contributed by atoms with Crippen LogP contribution in [0.3, 0.4) is 0 Å². The number of carbonyl (C=O) groups is 2. The Balaban J connectivity index is 5.09. The highest BCUT2D eigenvalue weighted by molar-refractivity contribution is 5.89. The third-order valence-corrected chi connectivity index (χ3v) is 1.54. The summed E-state index contributed by atoms with van der Waals surface area (Å²) in [5.74, 6) is 3.35. The molecule has 0 heterocycles. The molecule has 0 bridgehead atoms. The van der Waals surface area contributed by atoms with E-state index in [0.29, 0.717) is 0 Å². The van der Waals surface area contributed by atoms with Crippen molar-refractivity contribution < 1.29 is 14.7 Å². The van der Waals surface area contributed by atoms with Crippen molar-refractivity contribution in [1.29, 1.82) is 0 Å². The van der Waals surface area contributed by atoms with Crippen molar-refractivity contribution in [2.45, 2.75) is 25.8 Å². The van der Waals surface area contributed by atoms with E-state index in [1.54, 1.807) is 0 Å². The molecule has 0 aromatic carbocycles. The van der Waals surface area contributed by atoms with Crippen LogP contribution in [-0.2, 0) is 9.59 Å². The Morgan fingerprint density at radius 3 is 2.50 bits per heavy atom. The molecule has 14 heavy (non-hydrogen) atoms. The minimum atomic E-state index is -1.54. The molecule has 0 aromatic heterocycles. The van der Waals surface area contributed by atoms with Gasteiger partial charge in [0.1, 0.15) is 0 Å². The van der Waals surface area contributed by atoms with Crippen LogP contribution in [0.2, 0.25) is 0 Å². The lowest BCUT2D eigenvalue weighted by molar-refractivity contribution is -0.144. The second kappa shape index (κ2) is 5.07. The molecule has 1 unspecified atom stereocenters. The summed E-state index contributed by atoms with van der Waals surface area (Å²) in [7, 11) is 0. The summed E-state index contributed by atoms with van der Waals surface area (Å²) in [6.45, 7) is 6.20. The molecule has 0 aliphatic heterocycles. The maximum atomic E-state index is 11.0. The maximum Gasteiger partial charge on any atom is 0.342 e. The van der Waals surface area contributed by atoms with Crippen LogP contribution in [0.4, 0.5) is 0 Å². The number of amides is 1. The van der Waals surface area contributed by atoms with Crippen molar-refractivity contribution in [3.63, 3.8) is 0 Å². The normalized spacial score (nSPS) is 13.0. The van der Waals surface area contributed by atoms with E-state index < -0.39 is 17.4 Å². The third-order valence-electron chi connectivity index (χ3n) is 1.54. The Bertz CT molecular complexity index is 311. The van der Waals surface area contributed by atoms with Crippen LogP contribution >= 0.6 is 0 Å². The zero-order valence-electron chi connectivity index (χ0n) is 8.26. The van der Waals surface area contributed by atoms with Crippen molar-refractivity contribution in [3.8, 4) is 11.8 Å². The molecular weight excluding hydrogens is 182 g/mol. The summed E-state index contributed by atoms with van der Waals surface area (Å²) in [4.78, 5) is 21.8. The fraction of sp³-hybridized carbons (Fsp3) is 0.400. The molecule has 0 fully saturated rings. The van der Waals surface area contributed by atoms with E-state index >= 15 is 0 Å². The number of carbonyl (C=O) groups excluding carboxylic acids is 1. The number of hydrogen-bond donors (Lipinski definition) is 2. The molecule has 0 saturated heterocycles. The van der Waals surface area contributed by atoms with Gasteiger partial charge in [0.15, 0.2) is 0 Å². The van der Waals surface area contributed by atoms with Gasteiger partial charge in [0, 0.05) is 13.3 Å². The van der Waals surface area contributed by atoms with Gasteiger partial charge in [-0.1, -0.05) is 12.0 Å². The first-order valence-corrected chi connectivity index (χ1v) is 4.05. The lowest BCUT2D eigenvalue weighted by Crippen LogP contribution is -2.52. The van der Waals surface area contributed by atoms with Crippen molar-refractivity contribution in [3.05, 3.63) is 12.7 Å². The van der Waals surface area contributed by atoms with Gasteiger partial charge in [-0.25, -0.2) is 4.79 Å². The average Bonchev–Trinajstić information content (AvgIpc) is 2.03. The zero-order chi connectivity index (χ0) is 11.2. The summed E-state index contributed by atoms with van der Waals surface area (Å²) in [6.07, 6.45) is 1.48. The quantitative estimate of drug-likeness (QED) is 0.508. The van der Waals surface area contributed by atoms with Gasteiger partial charge in [-0.05, 0) is 6.92 Å². The molecule has 4 heteroatoms. The van der Waals surface area contributed by atoms with Crippen molar-refractivity contribution >= 4 is 11.9 Å². The number of nitrogens with one attached hydrogen (secondary N) is 1. The summed E-state index contributed by atoms with van der Waals surface area (Å²) in [5, 5.41) is 11.3. The first kappa shape index (κ1) is 12.2. The third kappa shape index (κ3) is 2.94. The highest BCUT2D eigenvalue weighted by Crippen LogP contribution is 2.10. The Kier molecular flexibility index (Phi) is 4.44. The van der Waals surface area contributed by atoms with Crippen LogP contribution in [0.25, 0.3) is 0 Å². The van der Waals surface area contributed by atoms with Crippen LogP contribution in [0.15, 0.2) is 12.7 Å². The number of hydrogen-bond acceptors (Lipinski definition) is 2. The second-order valence-electron chi connectivity index (χ2n) is 2.76. The Morgan fingerprint density at radius 2 is 2.21 bits per heavy atom. The van der Waals surface area contributed by atoms with Gasteiger partial charge >= 0.3 is 5.97 Å².